The number of nitrogens with one attached hydrogen (secondary N) is 3. The van der Waals surface area contributed by atoms with E-state index in [0.29, 0.717) is 36.5 Å². The predicted molar refractivity (Wildman–Crippen MR) is 107 cm³/mol. The first kappa shape index (κ1) is 19.4. The van der Waals surface area contributed by atoms with Crippen molar-refractivity contribution in [2.75, 3.05) is 22.6 Å². The number of anilines is 3. The van der Waals surface area contributed by atoms with Gasteiger partial charge in [0.15, 0.2) is 0 Å². The van der Waals surface area contributed by atoms with E-state index in [0.717, 1.165) is 5.75 Å². The highest BCUT2D eigenvalue weighted by molar-refractivity contribution is 6.17. The normalized spacial score (nSPS) is 13.9. The van der Waals surface area contributed by atoms with Crippen LogP contribution < -0.4 is 20.7 Å². The highest BCUT2D eigenvalue weighted by Crippen LogP contribution is 2.47. The zero-order valence-corrected chi connectivity index (χ0v) is 15.9. The van der Waals surface area contributed by atoms with E-state index in [1.165, 1.54) is 6.92 Å². The number of rotatable bonds is 7. The van der Waals surface area contributed by atoms with E-state index in [-0.39, 0.29) is 17.7 Å². The molecule has 3 N–H and O–H groups in total. The first-order chi connectivity index (χ1) is 13.4. The fourth-order valence-electron chi connectivity index (χ4n) is 2.86. The summed E-state index contributed by atoms with van der Waals surface area (Å²) in [7, 11) is 0. The minimum absolute atomic E-state index is 0.197. The van der Waals surface area contributed by atoms with Crippen LogP contribution in [0.1, 0.15) is 26.7 Å². The topological polar surface area (TPSA) is 96.5 Å². The standard InChI is InChI=1S/C21H23N3O4/c1-3-28-18-9-7-15(8-10-18)23-19(26)21(11-12-21)20(27)24-17-6-4-5-16(13-17)22-14(2)25/h4-10,13H,3,11-12H2,1-2H3,(H,22,25)(H,23,26)(H,24,27). The Bertz CT molecular complexity index is 889. The molecule has 0 unspecified atom stereocenters. The first-order valence-corrected chi connectivity index (χ1v) is 9.16. The van der Waals surface area contributed by atoms with Crippen molar-refractivity contribution in [2.24, 2.45) is 5.41 Å². The highest BCUT2D eigenvalue weighted by Gasteiger charge is 2.56. The smallest absolute Gasteiger partial charge is 0.240 e. The average molecular weight is 381 g/mol. The second kappa shape index (κ2) is 8.12. The van der Waals surface area contributed by atoms with Crippen molar-refractivity contribution in [1.29, 1.82) is 0 Å². The van der Waals surface area contributed by atoms with Gasteiger partial charge in [-0.3, -0.25) is 14.4 Å². The van der Waals surface area contributed by atoms with E-state index in [1.807, 2.05) is 6.92 Å². The number of carbonyl (C=O) groups is 3. The molecule has 7 heteroatoms. The summed E-state index contributed by atoms with van der Waals surface area (Å²) < 4.78 is 5.38. The Labute approximate surface area is 163 Å². The van der Waals surface area contributed by atoms with Crippen molar-refractivity contribution in [1.82, 2.24) is 0 Å². The molecule has 1 fully saturated rings. The van der Waals surface area contributed by atoms with Gasteiger partial charge >= 0.3 is 0 Å². The Morgan fingerprint density at radius 2 is 1.46 bits per heavy atom. The molecule has 0 aliphatic heterocycles. The summed E-state index contributed by atoms with van der Waals surface area (Å²) in [6, 6.07) is 13.8. The Morgan fingerprint density at radius 1 is 0.893 bits per heavy atom. The lowest BCUT2D eigenvalue weighted by molar-refractivity contribution is -0.131. The summed E-state index contributed by atoms with van der Waals surface area (Å²) in [4.78, 5) is 36.6. The van der Waals surface area contributed by atoms with Gasteiger partial charge in [-0.2, -0.15) is 0 Å². The van der Waals surface area contributed by atoms with Gasteiger partial charge in [-0.15, -0.1) is 0 Å². The molecule has 0 spiro atoms. The van der Waals surface area contributed by atoms with Crippen LogP contribution in [0, 0.1) is 5.41 Å². The molecule has 3 rings (SSSR count). The molecular formula is C21H23N3O4. The third kappa shape index (κ3) is 4.49. The Balaban J connectivity index is 1.64. The lowest BCUT2D eigenvalue weighted by atomic mass is 10.0. The van der Waals surface area contributed by atoms with Crippen LogP contribution in [0.25, 0.3) is 0 Å². The summed E-state index contributed by atoms with van der Waals surface area (Å²) in [5.41, 5.74) is 0.647. The number of hydrogen-bond donors (Lipinski definition) is 3. The predicted octanol–water partition coefficient (Wildman–Crippen LogP) is 3.40. The van der Waals surface area contributed by atoms with Crippen LogP contribution in [0.15, 0.2) is 48.5 Å². The van der Waals surface area contributed by atoms with Crippen LogP contribution in [0.2, 0.25) is 0 Å². The maximum atomic E-state index is 12.7. The summed E-state index contributed by atoms with van der Waals surface area (Å²) in [6.07, 6.45) is 0.986. The molecule has 28 heavy (non-hydrogen) atoms. The first-order valence-electron chi connectivity index (χ1n) is 9.16. The van der Waals surface area contributed by atoms with E-state index in [9.17, 15) is 14.4 Å². The molecule has 1 aliphatic carbocycles. The number of carbonyl (C=O) groups excluding carboxylic acids is 3. The molecule has 1 saturated carbocycles. The fourth-order valence-corrected chi connectivity index (χ4v) is 2.86. The monoisotopic (exact) mass is 381 g/mol. The average Bonchev–Trinajstić information content (AvgIpc) is 3.45. The van der Waals surface area contributed by atoms with Gasteiger partial charge in [-0.1, -0.05) is 6.07 Å². The maximum Gasteiger partial charge on any atom is 0.240 e. The fraction of sp³-hybridized carbons (Fsp3) is 0.286. The molecule has 146 valence electrons. The third-order valence-electron chi connectivity index (χ3n) is 4.48. The molecular weight excluding hydrogens is 358 g/mol. The molecule has 0 radical (unpaired) electrons. The molecule has 0 aromatic heterocycles. The lowest BCUT2D eigenvalue weighted by Gasteiger charge is -2.16. The number of ether oxygens (including phenoxy) is 1. The van der Waals surface area contributed by atoms with Crippen LogP contribution in [0.3, 0.4) is 0 Å². The van der Waals surface area contributed by atoms with E-state index < -0.39 is 5.41 Å². The number of hydrogen-bond acceptors (Lipinski definition) is 4. The second-order valence-electron chi connectivity index (χ2n) is 6.71. The van der Waals surface area contributed by atoms with Gasteiger partial charge in [0.05, 0.1) is 6.61 Å². The van der Waals surface area contributed by atoms with Gasteiger partial charge < -0.3 is 20.7 Å². The molecule has 0 atom stereocenters. The third-order valence-corrected chi connectivity index (χ3v) is 4.48. The van der Waals surface area contributed by atoms with Crippen molar-refractivity contribution < 1.29 is 19.1 Å². The second-order valence-corrected chi connectivity index (χ2v) is 6.71. The summed E-state index contributed by atoms with van der Waals surface area (Å²) >= 11 is 0. The zero-order chi connectivity index (χ0) is 20.1. The van der Waals surface area contributed by atoms with Gasteiger partial charge in [0.1, 0.15) is 11.2 Å². The van der Waals surface area contributed by atoms with E-state index in [1.54, 1.807) is 48.5 Å². The summed E-state index contributed by atoms with van der Waals surface area (Å²) in [5, 5.41) is 8.25. The summed E-state index contributed by atoms with van der Waals surface area (Å²) in [6.45, 7) is 3.88. The Morgan fingerprint density at radius 3 is 2.00 bits per heavy atom. The van der Waals surface area contributed by atoms with Crippen LogP contribution in [-0.2, 0) is 14.4 Å². The van der Waals surface area contributed by atoms with Gasteiger partial charge in [-0.25, -0.2) is 0 Å². The van der Waals surface area contributed by atoms with Gasteiger partial charge in [-0.05, 0) is 62.2 Å². The van der Waals surface area contributed by atoms with Gasteiger partial charge in [0, 0.05) is 24.0 Å². The highest BCUT2D eigenvalue weighted by atomic mass is 16.5. The SMILES string of the molecule is CCOc1ccc(NC(=O)C2(C(=O)Nc3cccc(NC(C)=O)c3)CC2)cc1. The van der Waals surface area contributed by atoms with Crippen LogP contribution in [-0.4, -0.2) is 24.3 Å². The van der Waals surface area contributed by atoms with Crippen LogP contribution >= 0.6 is 0 Å². The van der Waals surface area contributed by atoms with E-state index in [4.69, 9.17) is 4.74 Å². The number of amides is 3. The molecule has 1 aliphatic rings. The molecule has 0 bridgehead atoms. The minimum atomic E-state index is -1.07. The molecule has 0 saturated heterocycles. The summed E-state index contributed by atoms with van der Waals surface area (Å²) in [5.74, 6) is -0.154. The van der Waals surface area contributed by atoms with Crippen molar-refractivity contribution in [3.8, 4) is 5.75 Å². The number of benzene rings is 2. The quantitative estimate of drug-likeness (QED) is 0.641. The molecule has 0 heterocycles. The van der Waals surface area contributed by atoms with E-state index >= 15 is 0 Å². The van der Waals surface area contributed by atoms with Crippen molar-refractivity contribution in [2.45, 2.75) is 26.7 Å². The molecule has 2 aromatic carbocycles. The van der Waals surface area contributed by atoms with Gasteiger partial charge in [0.2, 0.25) is 17.7 Å². The minimum Gasteiger partial charge on any atom is -0.494 e. The Hall–Kier alpha value is -3.35. The van der Waals surface area contributed by atoms with Crippen LogP contribution in [0.5, 0.6) is 5.75 Å². The van der Waals surface area contributed by atoms with E-state index in [2.05, 4.69) is 16.0 Å². The van der Waals surface area contributed by atoms with Crippen molar-refractivity contribution in [3.05, 3.63) is 48.5 Å². The zero-order valence-electron chi connectivity index (χ0n) is 15.9. The van der Waals surface area contributed by atoms with Crippen molar-refractivity contribution in [3.63, 3.8) is 0 Å². The molecule has 3 amide bonds. The molecule has 2 aromatic rings. The van der Waals surface area contributed by atoms with Gasteiger partial charge in [0.25, 0.3) is 0 Å². The largest absolute Gasteiger partial charge is 0.494 e. The Kier molecular flexibility index (Phi) is 5.63. The molecule has 7 nitrogen and oxygen atoms in total. The van der Waals surface area contributed by atoms with Crippen molar-refractivity contribution >= 4 is 34.8 Å². The maximum absolute atomic E-state index is 12.7. The lowest BCUT2D eigenvalue weighted by Crippen LogP contribution is -2.35. The van der Waals surface area contributed by atoms with Crippen LogP contribution in [0.4, 0.5) is 17.1 Å².